The van der Waals surface area contributed by atoms with Crippen LogP contribution in [0.25, 0.3) is 0 Å². The molecule has 128 valence electrons. The summed E-state index contributed by atoms with van der Waals surface area (Å²) in [4.78, 5) is 0. The molecule has 3 aliphatic rings. The van der Waals surface area contributed by atoms with E-state index in [0.717, 1.165) is 29.7 Å². The number of hydrogen-bond acceptors (Lipinski definition) is 1. The van der Waals surface area contributed by atoms with Crippen molar-refractivity contribution in [2.45, 2.75) is 71.6 Å². The standard InChI is InChI=1S/C23H30O/c1-4-6-16-13-20-15(14-22(16)24)7-9-19-18(20)11-12-23(3)17(5-2)8-10-21(19)23/h13-14,17-19,21,24H,5,7-12H2,1-3H3/t17-,18-,19+,21-,23+/m0/s1. The molecule has 0 aliphatic heterocycles. The molecule has 2 fully saturated rings. The lowest BCUT2D eigenvalue weighted by Crippen LogP contribution is -2.42. The zero-order chi connectivity index (χ0) is 16.9. The summed E-state index contributed by atoms with van der Waals surface area (Å²) in [7, 11) is 0. The van der Waals surface area contributed by atoms with Crippen LogP contribution in [-0.4, -0.2) is 5.11 Å². The maximum atomic E-state index is 10.2. The van der Waals surface area contributed by atoms with Crippen LogP contribution >= 0.6 is 0 Å². The SMILES string of the molecule is CC#Cc1cc2c(cc1O)CC[C@@H]1[C@@H]2CC[C@]2(C)[C@@H](CC)CC[C@@H]12. The Hall–Kier alpha value is -1.42. The number of benzene rings is 1. The average Bonchev–Trinajstić information content (AvgIpc) is 2.92. The van der Waals surface area contributed by atoms with Crippen LogP contribution in [0.5, 0.6) is 5.75 Å². The maximum absolute atomic E-state index is 10.2. The molecule has 0 saturated heterocycles. The summed E-state index contributed by atoms with van der Waals surface area (Å²) >= 11 is 0. The Labute approximate surface area is 146 Å². The highest BCUT2D eigenvalue weighted by Crippen LogP contribution is 2.63. The third-order valence-corrected chi connectivity index (χ3v) is 7.79. The highest BCUT2D eigenvalue weighted by atomic mass is 16.3. The Morgan fingerprint density at radius 1 is 1.21 bits per heavy atom. The molecule has 0 heterocycles. The molecule has 0 unspecified atom stereocenters. The van der Waals surface area contributed by atoms with Crippen LogP contribution in [0, 0.1) is 35.0 Å². The van der Waals surface area contributed by atoms with Gasteiger partial charge in [0, 0.05) is 0 Å². The smallest absolute Gasteiger partial charge is 0.131 e. The lowest BCUT2D eigenvalue weighted by Gasteiger charge is -2.51. The van der Waals surface area contributed by atoms with E-state index in [4.69, 9.17) is 0 Å². The number of aryl methyl sites for hydroxylation is 1. The molecule has 0 bridgehead atoms. The van der Waals surface area contributed by atoms with Crippen molar-refractivity contribution in [3.63, 3.8) is 0 Å². The third kappa shape index (κ3) is 2.22. The fraction of sp³-hybridized carbons (Fsp3) is 0.652. The van der Waals surface area contributed by atoms with Gasteiger partial charge >= 0.3 is 0 Å². The molecule has 1 N–H and O–H groups in total. The van der Waals surface area contributed by atoms with E-state index in [2.05, 4.69) is 31.8 Å². The number of aromatic hydroxyl groups is 1. The van der Waals surface area contributed by atoms with E-state index in [-0.39, 0.29) is 0 Å². The van der Waals surface area contributed by atoms with Crippen molar-refractivity contribution in [1.82, 2.24) is 0 Å². The average molecular weight is 322 g/mol. The van der Waals surface area contributed by atoms with Crippen LogP contribution in [0.3, 0.4) is 0 Å². The van der Waals surface area contributed by atoms with Crippen molar-refractivity contribution in [3.05, 3.63) is 28.8 Å². The van der Waals surface area contributed by atoms with Crippen LogP contribution in [0.1, 0.15) is 81.9 Å². The topological polar surface area (TPSA) is 20.2 Å². The largest absolute Gasteiger partial charge is 0.507 e. The van der Waals surface area contributed by atoms with Crippen molar-refractivity contribution in [2.75, 3.05) is 0 Å². The van der Waals surface area contributed by atoms with E-state index in [9.17, 15) is 5.11 Å². The first kappa shape index (κ1) is 16.1. The Bertz CT molecular complexity index is 707. The van der Waals surface area contributed by atoms with Crippen molar-refractivity contribution in [3.8, 4) is 17.6 Å². The van der Waals surface area contributed by atoms with Gasteiger partial charge < -0.3 is 5.11 Å². The summed E-state index contributed by atoms with van der Waals surface area (Å²) in [6.07, 6.45) is 9.38. The van der Waals surface area contributed by atoms with Crippen molar-refractivity contribution in [2.24, 2.45) is 23.2 Å². The zero-order valence-corrected chi connectivity index (χ0v) is 15.4. The van der Waals surface area contributed by atoms with Gasteiger partial charge in [0.15, 0.2) is 0 Å². The van der Waals surface area contributed by atoms with Gasteiger partial charge in [-0.15, -0.1) is 5.92 Å². The Morgan fingerprint density at radius 2 is 2.04 bits per heavy atom. The highest BCUT2D eigenvalue weighted by Gasteiger charge is 2.53. The summed E-state index contributed by atoms with van der Waals surface area (Å²) in [5.74, 6) is 9.80. The molecule has 0 amide bonds. The molecule has 1 heteroatoms. The van der Waals surface area contributed by atoms with E-state index < -0.39 is 0 Å². The second-order valence-corrected chi connectivity index (χ2v) is 8.59. The Balaban J connectivity index is 1.71. The van der Waals surface area contributed by atoms with Gasteiger partial charge in [0.05, 0.1) is 5.56 Å². The summed E-state index contributed by atoms with van der Waals surface area (Å²) < 4.78 is 0. The van der Waals surface area contributed by atoms with Crippen molar-refractivity contribution < 1.29 is 5.11 Å². The molecule has 1 aromatic carbocycles. The lowest BCUT2D eigenvalue weighted by molar-refractivity contribution is 0.0273. The lowest BCUT2D eigenvalue weighted by atomic mass is 9.54. The molecular weight excluding hydrogens is 292 g/mol. The molecule has 2 saturated carbocycles. The molecule has 24 heavy (non-hydrogen) atoms. The van der Waals surface area contributed by atoms with Crippen LogP contribution in [-0.2, 0) is 6.42 Å². The van der Waals surface area contributed by atoms with Crippen LogP contribution in [0.2, 0.25) is 0 Å². The van der Waals surface area contributed by atoms with E-state index in [1.165, 1.54) is 49.7 Å². The van der Waals surface area contributed by atoms with Gasteiger partial charge in [-0.1, -0.05) is 26.2 Å². The summed E-state index contributed by atoms with van der Waals surface area (Å²) in [5, 5.41) is 10.2. The Morgan fingerprint density at radius 3 is 2.79 bits per heavy atom. The minimum atomic E-state index is 0.370. The summed E-state index contributed by atoms with van der Waals surface area (Å²) in [6, 6.07) is 4.22. The first-order valence-electron chi connectivity index (χ1n) is 9.87. The van der Waals surface area contributed by atoms with E-state index in [0.29, 0.717) is 17.1 Å². The molecule has 3 aliphatic carbocycles. The van der Waals surface area contributed by atoms with E-state index in [1.807, 2.05) is 13.0 Å². The second-order valence-electron chi connectivity index (χ2n) is 8.59. The van der Waals surface area contributed by atoms with E-state index >= 15 is 0 Å². The zero-order valence-electron chi connectivity index (χ0n) is 15.4. The molecule has 5 atom stereocenters. The van der Waals surface area contributed by atoms with Crippen LogP contribution in [0.15, 0.2) is 12.1 Å². The predicted molar refractivity (Wildman–Crippen MR) is 99.1 cm³/mol. The summed E-state index contributed by atoms with van der Waals surface area (Å²) in [5.41, 5.74) is 4.28. The monoisotopic (exact) mass is 322 g/mol. The molecule has 0 aromatic heterocycles. The number of fused-ring (bicyclic) bond motifs is 5. The molecule has 0 radical (unpaired) electrons. The van der Waals surface area contributed by atoms with Crippen molar-refractivity contribution in [1.29, 1.82) is 0 Å². The number of rotatable bonds is 1. The highest BCUT2D eigenvalue weighted by molar-refractivity contribution is 5.52. The number of phenols is 1. The molecule has 0 spiro atoms. The minimum Gasteiger partial charge on any atom is -0.507 e. The fourth-order valence-electron chi connectivity index (χ4n) is 6.62. The minimum absolute atomic E-state index is 0.370. The van der Waals surface area contributed by atoms with Crippen LogP contribution < -0.4 is 0 Å². The van der Waals surface area contributed by atoms with Gasteiger partial charge in [0.2, 0.25) is 0 Å². The summed E-state index contributed by atoms with van der Waals surface area (Å²) in [6.45, 7) is 6.82. The fourth-order valence-corrected chi connectivity index (χ4v) is 6.62. The van der Waals surface area contributed by atoms with Crippen LogP contribution in [0.4, 0.5) is 0 Å². The normalized spacial score (nSPS) is 37.0. The molecule has 1 aromatic rings. The quantitative estimate of drug-likeness (QED) is 0.663. The second kappa shape index (κ2) is 5.83. The molecule has 4 rings (SSSR count). The van der Waals surface area contributed by atoms with Gasteiger partial charge in [-0.25, -0.2) is 0 Å². The third-order valence-electron chi connectivity index (χ3n) is 7.79. The van der Waals surface area contributed by atoms with E-state index in [1.54, 1.807) is 0 Å². The first-order chi connectivity index (χ1) is 11.6. The van der Waals surface area contributed by atoms with Gasteiger partial charge in [0.25, 0.3) is 0 Å². The van der Waals surface area contributed by atoms with Crippen molar-refractivity contribution >= 4 is 0 Å². The van der Waals surface area contributed by atoms with Gasteiger partial charge in [-0.3, -0.25) is 0 Å². The molecule has 1 nitrogen and oxygen atoms in total. The molecular formula is C23H30O. The van der Waals surface area contributed by atoms with Gasteiger partial charge in [0.1, 0.15) is 5.75 Å². The van der Waals surface area contributed by atoms with Gasteiger partial charge in [-0.05, 0) is 97.8 Å². The Kier molecular flexibility index (Phi) is 3.91. The number of phenolic OH excluding ortho intramolecular Hbond substituents is 1. The first-order valence-corrected chi connectivity index (χ1v) is 9.87. The predicted octanol–water partition coefficient (Wildman–Crippen LogP) is 5.65. The number of hydrogen-bond donors (Lipinski definition) is 1. The maximum Gasteiger partial charge on any atom is 0.131 e. The van der Waals surface area contributed by atoms with Gasteiger partial charge in [-0.2, -0.15) is 0 Å².